The Morgan fingerprint density at radius 1 is 0.688 bits per heavy atom. The van der Waals surface area contributed by atoms with E-state index in [9.17, 15) is 22.0 Å². The second kappa shape index (κ2) is 10.0. The van der Waals surface area contributed by atoms with Gasteiger partial charge in [0.15, 0.2) is 17.4 Å². The van der Waals surface area contributed by atoms with Crippen molar-refractivity contribution in [2.45, 2.75) is 19.8 Å². The lowest BCUT2D eigenvalue weighted by molar-refractivity contribution is 0.359. The van der Waals surface area contributed by atoms with Gasteiger partial charge in [-0.25, -0.2) is 22.0 Å². The summed E-state index contributed by atoms with van der Waals surface area (Å²) in [6.07, 6.45) is 1.30. The van der Waals surface area contributed by atoms with E-state index in [1.807, 2.05) is 6.92 Å². The maximum absolute atomic E-state index is 14.4. The number of benzene rings is 3. The fourth-order valence-corrected chi connectivity index (χ4v) is 2.97. The van der Waals surface area contributed by atoms with Gasteiger partial charge >= 0.3 is 0 Å². The highest BCUT2D eigenvalue weighted by Crippen LogP contribution is 2.22. The van der Waals surface area contributed by atoms with Gasteiger partial charge < -0.3 is 4.74 Å². The third-order valence-electron chi connectivity index (χ3n) is 4.49. The van der Waals surface area contributed by atoms with Gasteiger partial charge in [-0.2, -0.15) is 0 Å². The Morgan fingerprint density at radius 2 is 1.28 bits per heavy atom. The van der Waals surface area contributed by atoms with Gasteiger partial charge in [-0.15, -0.1) is 0 Å². The third kappa shape index (κ3) is 5.28. The molecule has 0 heterocycles. The van der Waals surface area contributed by atoms with Gasteiger partial charge in [0.2, 0.25) is 0 Å². The number of halogens is 5. The van der Waals surface area contributed by atoms with Crippen molar-refractivity contribution in [3.63, 3.8) is 0 Å². The average Bonchev–Trinajstić information content (AvgIpc) is 2.72. The van der Waals surface area contributed by atoms with Crippen LogP contribution in [0, 0.1) is 52.8 Å². The van der Waals surface area contributed by atoms with E-state index >= 15 is 0 Å². The molecule has 3 aromatic carbocycles. The van der Waals surface area contributed by atoms with Gasteiger partial charge in [-0.1, -0.05) is 37.0 Å². The van der Waals surface area contributed by atoms with Crippen molar-refractivity contribution in [2.24, 2.45) is 0 Å². The van der Waals surface area contributed by atoms with Gasteiger partial charge in [0.1, 0.15) is 17.5 Å². The summed E-state index contributed by atoms with van der Waals surface area (Å²) in [5.41, 5.74) is 0.303. The highest BCUT2D eigenvalue weighted by Gasteiger charge is 2.11. The van der Waals surface area contributed by atoms with E-state index in [1.54, 1.807) is 0 Å². The maximum Gasteiger partial charge on any atom is 0.190 e. The molecule has 0 saturated carbocycles. The van der Waals surface area contributed by atoms with Gasteiger partial charge in [0.25, 0.3) is 0 Å². The minimum Gasteiger partial charge on any atom is -0.491 e. The van der Waals surface area contributed by atoms with Gasteiger partial charge in [0, 0.05) is 11.1 Å². The Kier molecular flexibility index (Phi) is 7.18. The molecule has 0 atom stereocenters. The molecule has 0 saturated heterocycles. The zero-order chi connectivity index (χ0) is 23.3. The Hall–Kier alpha value is -3.77. The van der Waals surface area contributed by atoms with Gasteiger partial charge in [-0.05, 0) is 54.4 Å². The van der Waals surface area contributed by atoms with E-state index in [0.29, 0.717) is 12.0 Å². The summed E-state index contributed by atoms with van der Waals surface area (Å²) < 4.78 is 74.7. The highest BCUT2D eigenvalue weighted by atomic mass is 19.1. The van der Waals surface area contributed by atoms with E-state index in [4.69, 9.17) is 0 Å². The van der Waals surface area contributed by atoms with Crippen molar-refractivity contribution in [2.75, 3.05) is 7.11 Å². The van der Waals surface area contributed by atoms with Crippen molar-refractivity contribution in [3.8, 4) is 29.4 Å². The molecule has 3 aromatic rings. The van der Waals surface area contributed by atoms with Crippen LogP contribution < -0.4 is 4.74 Å². The standard InChI is InChI=1S/C26H17F5O/c1-3-4-17-12-22(28)20(23(29)13-17)10-7-16-5-8-19(21(27)11-16)9-6-18-14-24(30)26(32-2)25(31)15-18/h5,8,11-15H,3-4H2,1-2H3. The molecular weight excluding hydrogens is 423 g/mol. The minimum atomic E-state index is -0.926. The Balaban J connectivity index is 1.85. The van der Waals surface area contributed by atoms with Crippen LogP contribution in [0.15, 0.2) is 42.5 Å². The van der Waals surface area contributed by atoms with Gasteiger partial charge in [-0.3, -0.25) is 0 Å². The number of aryl methyl sites for hydroxylation is 1. The van der Waals surface area contributed by atoms with Crippen LogP contribution >= 0.6 is 0 Å². The number of hydrogen-bond donors (Lipinski definition) is 0. The van der Waals surface area contributed by atoms with Crippen LogP contribution in [-0.4, -0.2) is 7.11 Å². The second-order valence-corrected chi connectivity index (χ2v) is 6.85. The molecule has 3 rings (SSSR count). The summed E-state index contributed by atoms with van der Waals surface area (Å²) in [5, 5.41) is 0. The van der Waals surface area contributed by atoms with Crippen molar-refractivity contribution in [3.05, 3.63) is 99.4 Å². The fourth-order valence-electron chi connectivity index (χ4n) is 2.97. The highest BCUT2D eigenvalue weighted by molar-refractivity contribution is 5.50. The van der Waals surface area contributed by atoms with Crippen LogP contribution in [0.5, 0.6) is 5.75 Å². The predicted molar refractivity (Wildman–Crippen MR) is 112 cm³/mol. The quantitative estimate of drug-likeness (QED) is 0.351. The first-order valence-corrected chi connectivity index (χ1v) is 9.67. The maximum atomic E-state index is 14.4. The van der Waals surface area contributed by atoms with Crippen molar-refractivity contribution in [1.82, 2.24) is 0 Å². The molecule has 0 aliphatic heterocycles. The van der Waals surface area contributed by atoms with Crippen LogP contribution in [0.25, 0.3) is 0 Å². The summed E-state index contributed by atoms with van der Waals surface area (Å²) in [5.74, 6) is 5.23. The number of methoxy groups -OCH3 is 1. The van der Waals surface area contributed by atoms with Crippen LogP contribution in [0.3, 0.4) is 0 Å². The lowest BCUT2D eigenvalue weighted by atomic mass is 10.1. The molecule has 6 heteroatoms. The van der Waals surface area contributed by atoms with Crippen LogP contribution in [0.4, 0.5) is 22.0 Å². The Labute approximate surface area is 182 Å². The lowest BCUT2D eigenvalue weighted by Crippen LogP contribution is -1.95. The molecule has 0 aliphatic carbocycles. The molecule has 0 aliphatic rings. The molecule has 0 radical (unpaired) electrons. The van der Waals surface area contributed by atoms with Crippen molar-refractivity contribution < 1.29 is 26.7 Å². The number of rotatable bonds is 3. The summed E-state index contributed by atoms with van der Waals surface area (Å²) in [6.45, 7) is 1.90. The molecule has 0 bridgehead atoms. The molecule has 0 N–H and O–H groups in total. The van der Waals surface area contributed by atoms with E-state index < -0.39 is 40.4 Å². The molecule has 162 valence electrons. The molecule has 0 fully saturated rings. The molecule has 0 aromatic heterocycles. The number of ether oxygens (including phenoxy) is 1. The fraction of sp³-hybridized carbons (Fsp3) is 0.154. The topological polar surface area (TPSA) is 9.23 Å². The summed E-state index contributed by atoms with van der Waals surface area (Å²) in [7, 11) is 1.14. The molecule has 0 spiro atoms. The summed E-state index contributed by atoms with van der Waals surface area (Å²) >= 11 is 0. The summed E-state index contributed by atoms with van der Waals surface area (Å²) in [6, 6.07) is 8.23. The van der Waals surface area contributed by atoms with Crippen LogP contribution in [0.2, 0.25) is 0 Å². The smallest absolute Gasteiger partial charge is 0.190 e. The average molecular weight is 440 g/mol. The van der Waals surface area contributed by atoms with Crippen molar-refractivity contribution >= 4 is 0 Å². The molecule has 0 amide bonds. The van der Waals surface area contributed by atoms with E-state index in [1.165, 1.54) is 24.3 Å². The Morgan fingerprint density at radius 3 is 1.84 bits per heavy atom. The Bertz CT molecular complexity index is 1240. The summed E-state index contributed by atoms with van der Waals surface area (Å²) in [4.78, 5) is 0. The largest absolute Gasteiger partial charge is 0.491 e. The van der Waals surface area contributed by atoms with Crippen LogP contribution in [-0.2, 0) is 6.42 Å². The molecular formula is C26H17F5O. The molecule has 32 heavy (non-hydrogen) atoms. The number of hydrogen-bond acceptors (Lipinski definition) is 1. The SMILES string of the molecule is CCCc1cc(F)c(C#Cc2ccc(C#Cc3cc(F)c(OC)c(F)c3)c(F)c2)c(F)c1. The first kappa shape index (κ1) is 22.9. The molecule has 0 unspecified atom stereocenters. The van der Waals surface area contributed by atoms with E-state index in [2.05, 4.69) is 28.4 Å². The second-order valence-electron chi connectivity index (χ2n) is 6.85. The van der Waals surface area contributed by atoms with E-state index in [0.717, 1.165) is 31.7 Å². The zero-order valence-electron chi connectivity index (χ0n) is 17.3. The molecule has 1 nitrogen and oxygen atoms in total. The monoisotopic (exact) mass is 440 g/mol. The lowest BCUT2D eigenvalue weighted by Gasteiger charge is -2.03. The van der Waals surface area contributed by atoms with E-state index in [-0.39, 0.29) is 16.7 Å². The zero-order valence-corrected chi connectivity index (χ0v) is 17.3. The van der Waals surface area contributed by atoms with Gasteiger partial charge in [0.05, 0.1) is 18.2 Å². The first-order valence-electron chi connectivity index (χ1n) is 9.67. The van der Waals surface area contributed by atoms with Crippen LogP contribution in [0.1, 0.15) is 41.2 Å². The normalized spacial score (nSPS) is 10.1. The minimum absolute atomic E-state index is 0.00142. The first-order chi connectivity index (χ1) is 15.3. The third-order valence-corrected chi connectivity index (χ3v) is 4.49. The van der Waals surface area contributed by atoms with Crippen molar-refractivity contribution in [1.29, 1.82) is 0 Å². The predicted octanol–water partition coefficient (Wildman–Crippen LogP) is 6.14.